The molecule has 1 aliphatic rings. The zero-order valence-electron chi connectivity index (χ0n) is 13.0. The van der Waals surface area contributed by atoms with Gasteiger partial charge in [-0.25, -0.2) is 4.98 Å². The van der Waals surface area contributed by atoms with Crippen LogP contribution in [0.25, 0.3) is 10.2 Å². The predicted octanol–water partition coefficient (Wildman–Crippen LogP) is 2.32. The van der Waals surface area contributed by atoms with Gasteiger partial charge in [-0.3, -0.25) is 9.59 Å². The molecule has 118 valence electrons. The molecule has 3 rings (SSSR count). The van der Waals surface area contributed by atoms with E-state index in [-0.39, 0.29) is 17.5 Å². The fraction of sp³-hybridized carbons (Fsp3) is 0.562. The van der Waals surface area contributed by atoms with Crippen molar-refractivity contribution in [2.45, 2.75) is 58.4 Å². The topological polar surface area (TPSA) is 74.8 Å². The molecular weight excluding hydrogens is 298 g/mol. The minimum absolute atomic E-state index is 0.0109. The van der Waals surface area contributed by atoms with Gasteiger partial charge in [0, 0.05) is 23.8 Å². The van der Waals surface area contributed by atoms with Gasteiger partial charge in [0.25, 0.3) is 5.56 Å². The predicted molar refractivity (Wildman–Crippen MR) is 88.5 cm³/mol. The Bertz CT molecular complexity index is 761. The van der Waals surface area contributed by atoms with Crippen molar-refractivity contribution in [3.63, 3.8) is 0 Å². The lowest BCUT2D eigenvalue weighted by atomic mass is 9.97. The molecule has 6 heteroatoms. The summed E-state index contributed by atoms with van der Waals surface area (Å²) in [5, 5.41) is 3.62. The largest absolute Gasteiger partial charge is 0.354 e. The summed E-state index contributed by atoms with van der Waals surface area (Å²) in [4.78, 5) is 33.6. The molecule has 0 aromatic carbocycles. The van der Waals surface area contributed by atoms with Crippen LogP contribution in [-0.4, -0.2) is 21.9 Å². The highest BCUT2D eigenvalue weighted by atomic mass is 32.1. The third kappa shape index (κ3) is 3.06. The van der Waals surface area contributed by atoms with Gasteiger partial charge in [0.05, 0.1) is 5.39 Å². The Labute approximate surface area is 133 Å². The number of aromatic amines is 1. The normalized spacial score (nSPS) is 14.3. The maximum absolute atomic E-state index is 12.4. The van der Waals surface area contributed by atoms with Crippen LogP contribution in [0.2, 0.25) is 0 Å². The van der Waals surface area contributed by atoms with E-state index in [4.69, 9.17) is 0 Å². The van der Waals surface area contributed by atoms with Crippen LogP contribution in [0.3, 0.4) is 0 Å². The molecule has 0 atom stereocenters. The van der Waals surface area contributed by atoms with E-state index >= 15 is 0 Å². The van der Waals surface area contributed by atoms with Crippen LogP contribution in [0.15, 0.2) is 4.79 Å². The first-order chi connectivity index (χ1) is 10.5. The third-order valence-corrected chi connectivity index (χ3v) is 5.10. The van der Waals surface area contributed by atoms with Gasteiger partial charge >= 0.3 is 0 Å². The highest BCUT2D eigenvalue weighted by molar-refractivity contribution is 7.18. The van der Waals surface area contributed by atoms with Gasteiger partial charge in [0.1, 0.15) is 10.7 Å². The van der Waals surface area contributed by atoms with Crippen molar-refractivity contribution in [1.82, 2.24) is 15.3 Å². The van der Waals surface area contributed by atoms with Gasteiger partial charge in [0.15, 0.2) is 0 Å². The van der Waals surface area contributed by atoms with Gasteiger partial charge in [-0.2, -0.15) is 0 Å². The Morgan fingerprint density at radius 1 is 1.36 bits per heavy atom. The average molecular weight is 319 g/mol. The first-order valence-electron chi connectivity index (χ1n) is 7.87. The molecule has 0 radical (unpaired) electrons. The summed E-state index contributed by atoms with van der Waals surface area (Å²) in [6, 6.07) is 0.131. The van der Waals surface area contributed by atoms with Gasteiger partial charge in [-0.05, 0) is 45.1 Å². The van der Waals surface area contributed by atoms with E-state index in [0.717, 1.165) is 29.5 Å². The van der Waals surface area contributed by atoms with Crippen molar-refractivity contribution in [1.29, 1.82) is 0 Å². The summed E-state index contributed by atoms with van der Waals surface area (Å²) in [5.74, 6) is 0.596. The number of aromatic nitrogens is 2. The van der Waals surface area contributed by atoms with Crippen molar-refractivity contribution in [3.8, 4) is 0 Å². The molecule has 0 aliphatic heterocycles. The van der Waals surface area contributed by atoms with E-state index in [0.29, 0.717) is 18.7 Å². The lowest BCUT2D eigenvalue weighted by Gasteiger charge is -2.09. The van der Waals surface area contributed by atoms with Crippen LogP contribution in [0.5, 0.6) is 0 Å². The zero-order chi connectivity index (χ0) is 15.7. The number of carbonyl (C=O) groups excluding carboxylic acids is 1. The lowest BCUT2D eigenvalue weighted by Crippen LogP contribution is -2.30. The van der Waals surface area contributed by atoms with Crippen LogP contribution < -0.4 is 10.9 Å². The van der Waals surface area contributed by atoms with Crippen LogP contribution in [-0.2, 0) is 24.1 Å². The van der Waals surface area contributed by atoms with Crippen molar-refractivity contribution < 1.29 is 4.79 Å². The second kappa shape index (κ2) is 6.20. The Morgan fingerprint density at radius 3 is 2.91 bits per heavy atom. The number of aryl methyl sites for hydroxylation is 3. The van der Waals surface area contributed by atoms with E-state index in [1.54, 1.807) is 11.3 Å². The summed E-state index contributed by atoms with van der Waals surface area (Å²) >= 11 is 1.64. The molecule has 2 aromatic rings. The fourth-order valence-electron chi connectivity index (χ4n) is 2.95. The van der Waals surface area contributed by atoms with Crippen LogP contribution >= 0.6 is 11.3 Å². The number of nitrogens with one attached hydrogen (secondary N) is 2. The molecular formula is C16H21N3O2S. The molecule has 1 amide bonds. The molecule has 22 heavy (non-hydrogen) atoms. The standard InChI is InChI=1S/C16H21N3O2S/c1-9(2)17-13(20)8-7-12-18-15(21)14-10-5-3-4-6-11(10)22-16(14)19-12/h9H,3-8H2,1-2H3,(H,17,20)(H,18,19,21). The number of H-pyrrole nitrogens is 1. The Kier molecular flexibility index (Phi) is 4.29. The number of hydrogen-bond donors (Lipinski definition) is 2. The molecule has 0 fully saturated rings. The summed E-state index contributed by atoms with van der Waals surface area (Å²) in [7, 11) is 0. The highest BCUT2D eigenvalue weighted by Gasteiger charge is 2.19. The molecule has 0 bridgehead atoms. The maximum Gasteiger partial charge on any atom is 0.259 e. The summed E-state index contributed by atoms with van der Waals surface area (Å²) in [6.45, 7) is 3.86. The smallest absolute Gasteiger partial charge is 0.259 e. The van der Waals surface area contributed by atoms with Crippen LogP contribution in [0, 0.1) is 0 Å². The third-order valence-electron chi connectivity index (χ3n) is 3.91. The number of fused-ring (bicyclic) bond motifs is 3. The van der Waals surface area contributed by atoms with Gasteiger partial charge in [0.2, 0.25) is 5.91 Å². The van der Waals surface area contributed by atoms with Crippen LogP contribution in [0.1, 0.15) is 49.4 Å². The SMILES string of the molecule is CC(C)NC(=O)CCc1nc2sc3c(c2c(=O)[nH]1)CCCC3. The minimum atomic E-state index is -0.0522. The number of nitrogens with zero attached hydrogens (tertiary/aromatic N) is 1. The van der Waals surface area contributed by atoms with Gasteiger partial charge in [-0.15, -0.1) is 11.3 Å². The van der Waals surface area contributed by atoms with E-state index in [1.807, 2.05) is 13.8 Å². The molecule has 0 spiro atoms. The minimum Gasteiger partial charge on any atom is -0.354 e. The molecule has 0 unspecified atom stereocenters. The fourth-order valence-corrected chi connectivity index (χ4v) is 4.23. The summed E-state index contributed by atoms with van der Waals surface area (Å²) in [5.41, 5.74) is 1.15. The summed E-state index contributed by atoms with van der Waals surface area (Å²) in [6.07, 6.45) is 5.19. The van der Waals surface area contributed by atoms with Gasteiger partial charge in [-0.1, -0.05) is 0 Å². The molecule has 0 saturated carbocycles. The van der Waals surface area contributed by atoms with Crippen molar-refractivity contribution in [2.75, 3.05) is 0 Å². The molecule has 5 nitrogen and oxygen atoms in total. The summed E-state index contributed by atoms with van der Waals surface area (Å²) < 4.78 is 0. The van der Waals surface area contributed by atoms with E-state index < -0.39 is 0 Å². The van der Waals surface area contributed by atoms with Crippen molar-refractivity contribution >= 4 is 27.5 Å². The molecule has 1 aliphatic carbocycles. The first-order valence-corrected chi connectivity index (χ1v) is 8.69. The Balaban J connectivity index is 1.84. The molecule has 2 heterocycles. The maximum atomic E-state index is 12.4. The number of hydrogen-bond acceptors (Lipinski definition) is 4. The van der Waals surface area contributed by atoms with E-state index in [9.17, 15) is 9.59 Å². The van der Waals surface area contributed by atoms with Crippen molar-refractivity contribution in [2.24, 2.45) is 0 Å². The second-order valence-corrected chi connectivity index (χ2v) is 7.21. The Morgan fingerprint density at radius 2 is 2.14 bits per heavy atom. The lowest BCUT2D eigenvalue weighted by molar-refractivity contribution is -0.121. The molecule has 0 saturated heterocycles. The number of rotatable bonds is 4. The highest BCUT2D eigenvalue weighted by Crippen LogP contribution is 2.33. The quantitative estimate of drug-likeness (QED) is 0.908. The van der Waals surface area contributed by atoms with Crippen LogP contribution in [0.4, 0.5) is 0 Å². The molecule has 2 aromatic heterocycles. The zero-order valence-corrected chi connectivity index (χ0v) is 13.8. The number of thiophene rings is 1. The van der Waals surface area contributed by atoms with E-state index in [2.05, 4.69) is 15.3 Å². The number of amides is 1. The van der Waals surface area contributed by atoms with Gasteiger partial charge < -0.3 is 10.3 Å². The Hall–Kier alpha value is -1.69. The average Bonchev–Trinajstić information content (AvgIpc) is 2.83. The first kappa shape index (κ1) is 15.2. The second-order valence-electron chi connectivity index (χ2n) is 6.13. The van der Waals surface area contributed by atoms with Crippen molar-refractivity contribution in [3.05, 3.63) is 26.6 Å². The monoisotopic (exact) mass is 319 g/mol. The molecule has 2 N–H and O–H groups in total. The number of carbonyl (C=O) groups is 1. The van der Waals surface area contributed by atoms with E-state index in [1.165, 1.54) is 16.9 Å².